The molecule has 0 aliphatic heterocycles. The van der Waals surface area contributed by atoms with Crippen molar-refractivity contribution in [3.05, 3.63) is 24.0 Å². The molecule has 0 aliphatic rings. The third-order valence-corrected chi connectivity index (χ3v) is 1.48. The predicted molar refractivity (Wildman–Crippen MR) is 48.8 cm³/mol. The highest BCUT2D eigenvalue weighted by Crippen LogP contribution is 2.14. The molecule has 0 saturated heterocycles. The van der Waals surface area contributed by atoms with Crippen molar-refractivity contribution in [2.24, 2.45) is 5.73 Å². The summed E-state index contributed by atoms with van der Waals surface area (Å²) >= 11 is 0. The Morgan fingerprint density at radius 3 is 3.08 bits per heavy atom. The second kappa shape index (κ2) is 4.57. The number of carbonyl (C=O) groups excluding carboxylic acids is 1. The van der Waals surface area contributed by atoms with Crippen LogP contribution in [0.2, 0.25) is 0 Å². The highest BCUT2D eigenvalue weighted by atomic mass is 16.5. The van der Waals surface area contributed by atoms with E-state index in [4.69, 9.17) is 10.5 Å². The molecule has 0 atom stereocenters. The van der Waals surface area contributed by atoms with E-state index < -0.39 is 0 Å². The lowest BCUT2D eigenvalue weighted by Gasteiger charge is -2.06. The van der Waals surface area contributed by atoms with Crippen LogP contribution < -0.4 is 10.5 Å². The van der Waals surface area contributed by atoms with Crippen LogP contribution in [0, 0.1) is 0 Å². The van der Waals surface area contributed by atoms with E-state index in [2.05, 4.69) is 4.98 Å². The number of nitrogens with two attached hydrogens (primary N) is 1. The lowest BCUT2D eigenvalue weighted by Crippen LogP contribution is -2.12. The molecular weight excluding hydrogens is 168 g/mol. The average molecular weight is 180 g/mol. The van der Waals surface area contributed by atoms with Gasteiger partial charge in [-0.2, -0.15) is 0 Å². The van der Waals surface area contributed by atoms with Gasteiger partial charge in [0, 0.05) is 19.7 Å². The molecule has 13 heavy (non-hydrogen) atoms. The highest BCUT2D eigenvalue weighted by Gasteiger charge is 2.07. The summed E-state index contributed by atoms with van der Waals surface area (Å²) in [6, 6.07) is 3.43. The summed E-state index contributed by atoms with van der Waals surface area (Å²) < 4.78 is 5.24. The molecule has 70 valence electrons. The molecule has 0 aliphatic carbocycles. The zero-order valence-corrected chi connectivity index (χ0v) is 7.49. The van der Waals surface area contributed by atoms with Crippen LogP contribution in [0.3, 0.4) is 0 Å². The van der Waals surface area contributed by atoms with Crippen molar-refractivity contribution in [1.29, 1.82) is 0 Å². The van der Waals surface area contributed by atoms with Gasteiger partial charge in [0.15, 0.2) is 5.78 Å². The van der Waals surface area contributed by atoms with E-state index in [1.165, 1.54) is 6.92 Å². The van der Waals surface area contributed by atoms with Gasteiger partial charge in [-0.05, 0) is 12.1 Å². The minimum atomic E-state index is -0.104. The van der Waals surface area contributed by atoms with Crippen LogP contribution >= 0.6 is 0 Å². The van der Waals surface area contributed by atoms with Crippen molar-refractivity contribution in [1.82, 2.24) is 4.98 Å². The molecule has 0 spiro atoms. The van der Waals surface area contributed by atoms with Crippen molar-refractivity contribution in [2.75, 3.05) is 13.2 Å². The van der Waals surface area contributed by atoms with Gasteiger partial charge in [-0.25, -0.2) is 4.98 Å². The first-order valence-electron chi connectivity index (χ1n) is 4.04. The van der Waals surface area contributed by atoms with Gasteiger partial charge in [-0.1, -0.05) is 0 Å². The van der Waals surface area contributed by atoms with Crippen LogP contribution in [0.5, 0.6) is 5.75 Å². The van der Waals surface area contributed by atoms with Crippen molar-refractivity contribution in [2.45, 2.75) is 6.92 Å². The molecule has 0 saturated carbocycles. The van der Waals surface area contributed by atoms with E-state index in [1.807, 2.05) is 0 Å². The molecule has 1 aromatic heterocycles. The second-order valence-corrected chi connectivity index (χ2v) is 2.54. The van der Waals surface area contributed by atoms with Gasteiger partial charge in [0.05, 0.1) is 0 Å². The topological polar surface area (TPSA) is 65.2 Å². The molecule has 1 rings (SSSR count). The molecule has 1 heterocycles. The summed E-state index contributed by atoms with van der Waals surface area (Å²) in [5, 5.41) is 0. The Labute approximate surface area is 76.7 Å². The Kier molecular flexibility index (Phi) is 3.40. The van der Waals surface area contributed by atoms with E-state index in [-0.39, 0.29) is 5.78 Å². The molecule has 0 radical (unpaired) electrons. The molecule has 4 heteroatoms. The zero-order valence-electron chi connectivity index (χ0n) is 7.49. The number of ketones is 1. The number of pyridine rings is 1. The standard InChI is InChI=1S/C9H12N2O2/c1-7(12)9-8(13-6-4-10)3-2-5-11-9/h2-3,5H,4,6,10H2,1H3. The molecule has 2 N–H and O–H groups in total. The van der Waals surface area contributed by atoms with Crippen LogP contribution in [-0.4, -0.2) is 23.9 Å². The molecule has 4 nitrogen and oxygen atoms in total. The van der Waals surface area contributed by atoms with Crippen molar-refractivity contribution in [3.63, 3.8) is 0 Å². The normalized spacial score (nSPS) is 9.69. The van der Waals surface area contributed by atoms with Gasteiger partial charge in [0.2, 0.25) is 0 Å². The number of hydrogen-bond acceptors (Lipinski definition) is 4. The van der Waals surface area contributed by atoms with E-state index >= 15 is 0 Å². The minimum Gasteiger partial charge on any atom is -0.490 e. The largest absolute Gasteiger partial charge is 0.490 e. The number of nitrogens with zero attached hydrogens (tertiary/aromatic N) is 1. The zero-order chi connectivity index (χ0) is 9.68. The fourth-order valence-electron chi connectivity index (χ4n) is 0.940. The SMILES string of the molecule is CC(=O)c1ncccc1OCCN. The minimum absolute atomic E-state index is 0.104. The molecule has 0 bridgehead atoms. The lowest BCUT2D eigenvalue weighted by atomic mass is 10.2. The maximum atomic E-state index is 11.1. The summed E-state index contributed by atoms with van der Waals surface area (Å²) in [5.74, 6) is 0.396. The highest BCUT2D eigenvalue weighted by molar-refractivity contribution is 5.94. The molecule has 0 aromatic carbocycles. The van der Waals surface area contributed by atoms with E-state index in [0.29, 0.717) is 24.6 Å². The summed E-state index contributed by atoms with van der Waals surface area (Å²) in [6.07, 6.45) is 1.56. The van der Waals surface area contributed by atoms with Gasteiger partial charge in [0.25, 0.3) is 0 Å². The molecular formula is C9H12N2O2. The van der Waals surface area contributed by atoms with Crippen LogP contribution in [-0.2, 0) is 0 Å². The Balaban J connectivity index is 2.84. The predicted octanol–water partition coefficient (Wildman–Crippen LogP) is 0.622. The van der Waals surface area contributed by atoms with Crippen LogP contribution in [0.1, 0.15) is 17.4 Å². The summed E-state index contributed by atoms with van der Waals surface area (Å²) in [4.78, 5) is 15.0. The Morgan fingerprint density at radius 1 is 1.69 bits per heavy atom. The molecule has 0 unspecified atom stereocenters. The number of aromatic nitrogens is 1. The second-order valence-electron chi connectivity index (χ2n) is 2.54. The number of carbonyl (C=O) groups is 1. The Morgan fingerprint density at radius 2 is 2.46 bits per heavy atom. The van der Waals surface area contributed by atoms with Crippen molar-refractivity contribution in [3.8, 4) is 5.75 Å². The fourth-order valence-corrected chi connectivity index (χ4v) is 0.940. The smallest absolute Gasteiger partial charge is 0.181 e. The molecule has 1 aromatic rings. The number of ether oxygens (including phenoxy) is 1. The molecule has 0 amide bonds. The van der Waals surface area contributed by atoms with Crippen LogP contribution in [0.15, 0.2) is 18.3 Å². The maximum Gasteiger partial charge on any atom is 0.181 e. The lowest BCUT2D eigenvalue weighted by molar-refractivity contribution is 0.100. The number of rotatable bonds is 4. The van der Waals surface area contributed by atoms with E-state index in [9.17, 15) is 4.79 Å². The maximum absolute atomic E-state index is 11.1. The average Bonchev–Trinajstić information content (AvgIpc) is 2.15. The summed E-state index contributed by atoms with van der Waals surface area (Å²) in [6.45, 7) is 2.27. The van der Waals surface area contributed by atoms with Crippen LogP contribution in [0.25, 0.3) is 0 Å². The first-order valence-corrected chi connectivity index (χ1v) is 4.04. The first kappa shape index (κ1) is 9.67. The first-order chi connectivity index (χ1) is 6.25. The number of Topliss-reactive ketones (excluding diaryl/α,β-unsaturated/α-hetero) is 1. The number of hydrogen-bond donors (Lipinski definition) is 1. The fraction of sp³-hybridized carbons (Fsp3) is 0.333. The summed E-state index contributed by atoms with van der Waals surface area (Å²) in [7, 11) is 0. The van der Waals surface area contributed by atoms with Gasteiger partial charge >= 0.3 is 0 Å². The van der Waals surface area contributed by atoms with E-state index in [1.54, 1.807) is 18.3 Å². The van der Waals surface area contributed by atoms with E-state index in [0.717, 1.165) is 0 Å². The van der Waals surface area contributed by atoms with Gasteiger partial charge < -0.3 is 10.5 Å². The molecule has 0 fully saturated rings. The van der Waals surface area contributed by atoms with Gasteiger partial charge in [0.1, 0.15) is 18.1 Å². The quantitative estimate of drug-likeness (QED) is 0.690. The van der Waals surface area contributed by atoms with Crippen molar-refractivity contribution >= 4 is 5.78 Å². The van der Waals surface area contributed by atoms with Crippen LogP contribution in [0.4, 0.5) is 0 Å². The Hall–Kier alpha value is -1.42. The van der Waals surface area contributed by atoms with Gasteiger partial charge in [-0.3, -0.25) is 4.79 Å². The third kappa shape index (κ3) is 2.52. The summed E-state index contributed by atoms with van der Waals surface area (Å²) in [5.41, 5.74) is 5.63. The van der Waals surface area contributed by atoms with Gasteiger partial charge in [-0.15, -0.1) is 0 Å². The third-order valence-electron chi connectivity index (χ3n) is 1.48. The van der Waals surface area contributed by atoms with Crippen molar-refractivity contribution < 1.29 is 9.53 Å². The Bertz CT molecular complexity index is 299. The monoisotopic (exact) mass is 180 g/mol.